The number of carbonyl (C=O) groups is 1. The number of allylic oxidation sites excluding steroid dienone is 9. The number of para-hydroxylation sites is 1. The summed E-state index contributed by atoms with van der Waals surface area (Å²) in [5.41, 5.74) is 10.8. The van der Waals surface area contributed by atoms with E-state index in [4.69, 9.17) is 5.73 Å². The van der Waals surface area contributed by atoms with E-state index in [9.17, 15) is 9.90 Å². The lowest BCUT2D eigenvalue weighted by molar-refractivity contribution is -0.113. The van der Waals surface area contributed by atoms with Crippen molar-refractivity contribution in [3.05, 3.63) is 88.6 Å². The van der Waals surface area contributed by atoms with Crippen LogP contribution in [0.2, 0.25) is 0 Å². The van der Waals surface area contributed by atoms with E-state index in [2.05, 4.69) is 39.8 Å². The highest BCUT2D eigenvalue weighted by molar-refractivity contribution is 5.86. The quantitative estimate of drug-likeness (QED) is 0.454. The Kier molecular flexibility index (Phi) is 7.44. The van der Waals surface area contributed by atoms with Crippen molar-refractivity contribution in [1.82, 2.24) is 0 Å². The van der Waals surface area contributed by atoms with E-state index in [0.29, 0.717) is 5.75 Å². The fraction of sp³-hybridized carbons (Fsp3) is 0.346. The predicted molar refractivity (Wildman–Crippen MR) is 122 cm³/mol. The second kappa shape index (κ2) is 9.60. The fourth-order valence-electron chi connectivity index (χ4n) is 4.17. The Balaban J connectivity index is 2.24. The van der Waals surface area contributed by atoms with Gasteiger partial charge in [-0.2, -0.15) is 0 Å². The summed E-state index contributed by atoms with van der Waals surface area (Å²) >= 11 is 0. The van der Waals surface area contributed by atoms with Crippen molar-refractivity contribution in [3.8, 4) is 5.75 Å². The summed E-state index contributed by atoms with van der Waals surface area (Å²) in [5, 5.41) is 10.4. The molecule has 29 heavy (non-hydrogen) atoms. The SMILES string of the molecule is CC1=C(/C=C/C(C)=C/C=C/C(C)=C/C(N)=O)C(C)(C)C(c2ccccc2O)CC1. The first-order valence-corrected chi connectivity index (χ1v) is 10.1. The molecule has 1 unspecified atom stereocenters. The molecule has 3 N–H and O–H groups in total. The van der Waals surface area contributed by atoms with Crippen molar-refractivity contribution in [2.24, 2.45) is 11.1 Å². The second-order valence-electron chi connectivity index (χ2n) is 8.46. The van der Waals surface area contributed by atoms with Crippen LogP contribution in [0.1, 0.15) is 58.9 Å². The van der Waals surface area contributed by atoms with Crippen LogP contribution in [0, 0.1) is 5.41 Å². The first-order chi connectivity index (χ1) is 13.6. The van der Waals surface area contributed by atoms with Crippen LogP contribution >= 0.6 is 0 Å². The Hall–Kier alpha value is -2.81. The first kappa shape index (κ1) is 22.5. The van der Waals surface area contributed by atoms with Crippen LogP contribution in [0.4, 0.5) is 0 Å². The zero-order chi connectivity index (χ0) is 21.6. The number of hydrogen-bond acceptors (Lipinski definition) is 2. The summed E-state index contributed by atoms with van der Waals surface area (Å²) in [5.74, 6) is 0.223. The number of aromatic hydroxyl groups is 1. The summed E-state index contributed by atoms with van der Waals surface area (Å²) in [6, 6.07) is 7.69. The van der Waals surface area contributed by atoms with Crippen molar-refractivity contribution in [2.45, 2.75) is 53.4 Å². The van der Waals surface area contributed by atoms with Crippen molar-refractivity contribution in [3.63, 3.8) is 0 Å². The molecule has 3 heteroatoms. The summed E-state index contributed by atoms with van der Waals surface area (Å²) in [7, 11) is 0. The minimum absolute atomic E-state index is 0.0748. The zero-order valence-electron chi connectivity index (χ0n) is 18.2. The number of primary amides is 1. The molecule has 0 aliphatic heterocycles. The van der Waals surface area contributed by atoms with E-state index in [1.165, 1.54) is 17.2 Å². The third-order valence-electron chi connectivity index (χ3n) is 5.75. The maximum absolute atomic E-state index is 10.9. The highest BCUT2D eigenvalue weighted by atomic mass is 16.3. The van der Waals surface area contributed by atoms with Crippen LogP contribution in [0.25, 0.3) is 0 Å². The fourth-order valence-corrected chi connectivity index (χ4v) is 4.17. The third kappa shape index (κ3) is 5.83. The monoisotopic (exact) mass is 391 g/mol. The molecule has 1 aliphatic carbocycles. The van der Waals surface area contributed by atoms with E-state index in [-0.39, 0.29) is 11.3 Å². The van der Waals surface area contributed by atoms with Gasteiger partial charge in [-0.05, 0) is 67.7 Å². The molecule has 1 amide bonds. The molecule has 3 nitrogen and oxygen atoms in total. The van der Waals surface area contributed by atoms with E-state index >= 15 is 0 Å². The molecule has 1 aromatic rings. The number of phenols is 1. The average Bonchev–Trinajstić information content (AvgIpc) is 2.61. The number of benzene rings is 1. The minimum atomic E-state index is -0.436. The molecule has 2 rings (SSSR count). The van der Waals surface area contributed by atoms with Gasteiger partial charge in [-0.25, -0.2) is 0 Å². The maximum atomic E-state index is 10.9. The summed E-state index contributed by atoms with van der Waals surface area (Å²) in [6.45, 7) is 10.6. The topological polar surface area (TPSA) is 63.3 Å². The van der Waals surface area contributed by atoms with Crippen molar-refractivity contribution in [2.75, 3.05) is 0 Å². The third-order valence-corrected chi connectivity index (χ3v) is 5.75. The second-order valence-corrected chi connectivity index (χ2v) is 8.46. The smallest absolute Gasteiger partial charge is 0.241 e. The van der Waals surface area contributed by atoms with Crippen LogP contribution in [-0.4, -0.2) is 11.0 Å². The summed E-state index contributed by atoms with van der Waals surface area (Å²) < 4.78 is 0. The summed E-state index contributed by atoms with van der Waals surface area (Å²) in [6.07, 6.45) is 13.6. The molecule has 0 saturated heterocycles. The molecular weight excluding hydrogens is 358 g/mol. The molecule has 0 radical (unpaired) electrons. The van der Waals surface area contributed by atoms with Crippen molar-refractivity contribution in [1.29, 1.82) is 0 Å². The van der Waals surface area contributed by atoms with Gasteiger partial charge in [0.1, 0.15) is 5.75 Å². The molecule has 0 heterocycles. The van der Waals surface area contributed by atoms with E-state index in [1.807, 2.05) is 43.4 Å². The first-order valence-electron chi connectivity index (χ1n) is 10.1. The minimum Gasteiger partial charge on any atom is -0.508 e. The molecule has 1 aliphatic rings. The maximum Gasteiger partial charge on any atom is 0.241 e. The lowest BCUT2D eigenvalue weighted by atomic mass is 9.63. The summed E-state index contributed by atoms with van der Waals surface area (Å²) in [4.78, 5) is 10.9. The van der Waals surface area contributed by atoms with E-state index in [0.717, 1.165) is 29.6 Å². The number of phenolic OH excluding ortho intramolecular Hbond substituents is 1. The molecule has 0 bridgehead atoms. The van der Waals surface area contributed by atoms with E-state index in [1.54, 1.807) is 6.07 Å². The van der Waals surface area contributed by atoms with Gasteiger partial charge in [-0.1, -0.05) is 73.6 Å². The van der Waals surface area contributed by atoms with Crippen LogP contribution in [0.15, 0.2) is 83.0 Å². The zero-order valence-corrected chi connectivity index (χ0v) is 18.2. The number of amides is 1. The van der Waals surface area contributed by atoms with Gasteiger partial charge in [-0.15, -0.1) is 0 Å². The Morgan fingerprint density at radius 3 is 2.52 bits per heavy atom. The molecule has 0 spiro atoms. The molecule has 1 atom stereocenters. The van der Waals surface area contributed by atoms with Gasteiger partial charge in [0, 0.05) is 6.08 Å². The van der Waals surface area contributed by atoms with Gasteiger partial charge in [0.15, 0.2) is 0 Å². The van der Waals surface area contributed by atoms with Gasteiger partial charge in [0.2, 0.25) is 5.91 Å². The molecule has 0 aromatic heterocycles. The Labute approximate surface area is 175 Å². The molecule has 0 fully saturated rings. The van der Waals surface area contributed by atoms with Crippen LogP contribution < -0.4 is 5.73 Å². The number of hydrogen-bond donors (Lipinski definition) is 2. The van der Waals surface area contributed by atoms with Crippen LogP contribution in [0.3, 0.4) is 0 Å². The molecular formula is C26H33NO2. The Bertz CT molecular complexity index is 910. The lowest BCUT2D eigenvalue weighted by Crippen LogP contribution is -2.28. The number of nitrogens with two attached hydrogens (primary N) is 1. The standard InChI is InChI=1S/C26H33NO2/c1-18(9-8-10-19(2)17-25(27)29)13-15-22-20(3)14-16-23(26(22,4)5)21-11-6-7-12-24(21)28/h6-13,15,17,23,28H,14,16H2,1-5H3,(H2,27,29)/b10-8+,15-13+,18-9+,19-17+. The average molecular weight is 392 g/mol. The van der Waals surface area contributed by atoms with Gasteiger partial charge >= 0.3 is 0 Å². The largest absolute Gasteiger partial charge is 0.508 e. The van der Waals surface area contributed by atoms with Crippen molar-refractivity contribution < 1.29 is 9.90 Å². The molecule has 1 aromatic carbocycles. The highest BCUT2D eigenvalue weighted by Gasteiger charge is 2.38. The van der Waals surface area contributed by atoms with Gasteiger partial charge in [-0.3, -0.25) is 4.79 Å². The normalized spacial score (nSPS) is 20.7. The van der Waals surface area contributed by atoms with Crippen LogP contribution in [0.5, 0.6) is 5.75 Å². The highest BCUT2D eigenvalue weighted by Crippen LogP contribution is 2.52. The molecule has 154 valence electrons. The van der Waals surface area contributed by atoms with Crippen LogP contribution in [-0.2, 0) is 4.79 Å². The number of rotatable bonds is 6. The Morgan fingerprint density at radius 1 is 1.17 bits per heavy atom. The van der Waals surface area contributed by atoms with Gasteiger partial charge in [0.25, 0.3) is 0 Å². The predicted octanol–water partition coefficient (Wildman–Crippen LogP) is 6.10. The van der Waals surface area contributed by atoms with Crippen molar-refractivity contribution >= 4 is 5.91 Å². The lowest BCUT2D eigenvalue weighted by Gasteiger charge is -2.41. The Morgan fingerprint density at radius 2 is 1.86 bits per heavy atom. The molecule has 0 saturated carbocycles. The van der Waals surface area contributed by atoms with E-state index < -0.39 is 5.91 Å². The van der Waals surface area contributed by atoms with Gasteiger partial charge in [0.05, 0.1) is 0 Å². The number of carbonyl (C=O) groups excluding carboxylic acids is 1. The van der Waals surface area contributed by atoms with Gasteiger partial charge < -0.3 is 10.8 Å².